The summed E-state index contributed by atoms with van der Waals surface area (Å²) in [7, 11) is 0. The summed E-state index contributed by atoms with van der Waals surface area (Å²) in [5, 5.41) is 18.2. The van der Waals surface area contributed by atoms with Crippen LogP contribution >= 0.6 is 0 Å². The van der Waals surface area contributed by atoms with Gasteiger partial charge in [0.2, 0.25) is 11.8 Å². The fourth-order valence-electron chi connectivity index (χ4n) is 8.37. The molecule has 1 aromatic rings. The predicted molar refractivity (Wildman–Crippen MR) is 123 cm³/mol. The van der Waals surface area contributed by atoms with Crippen LogP contribution in [-0.4, -0.2) is 57.1 Å². The van der Waals surface area contributed by atoms with Gasteiger partial charge in [-0.25, -0.2) is 0 Å². The summed E-state index contributed by atoms with van der Waals surface area (Å²) < 4.78 is 6.11. The Labute approximate surface area is 197 Å². The molecule has 1 aromatic carbocycles. The average Bonchev–Trinajstić information content (AvgIpc) is 3.37. The van der Waals surface area contributed by atoms with Crippen molar-refractivity contribution in [1.29, 1.82) is 0 Å². The average molecular weight is 464 g/mol. The quantitative estimate of drug-likeness (QED) is 0.543. The molecular formula is C26H29N3O5. The number of ether oxygens (including phenoxy) is 1. The fourth-order valence-corrected chi connectivity index (χ4v) is 8.37. The highest BCUT2D eigenvalue weighted by Crippen LogP contribution is 2.70. The van der Waals surface area contributed by atoms with Crippen LogP contribution in [0.25, 0.3) is 6.08 Å². The minimum Gasteiger partial charge on any atom is -0.483 e. The van der Waals surface area contributed by atoms with Gasteiger partial charge < -0.3 is 25.4 Å². The lowest BCUT2D eigenvalue weighted by molar-refractivity contribution is -0.180. The van der Waals surface area contributed by atoms with E-state index in [0.717, 1.165) is 12.0 Å². The zero-order valence-corrected chi connectivity index (χ0v) is 19.8. The van der Waals surface area contributed by atoms with Crippen molar-refractivity contribution in [3.63, 3.8) is 0 Å². The van der Waals surface area contributed by atoms with Crippen molar-refractivity contribution in [1.82, 2.24) is 10.2 Å². The molecule has 7 aliphatic rings. The number of piperazine rings is 1. The zero-order chi connectivity index (χ0) is 24.1. The van der Waals surface area contributed by atoms with E-state index in [9.17, 15) is 19.5 Å². The van der Waals surface area contributed by atoms with E-state index in [0.29, 0.717) is 36.4 Å². The van der Waals surface area contributed by atoms with Crippen LogP contribution in [0.5, 0.6) is 5.75 Å². The summed E-state index contributed by atoms with van der Waals surface area (Å²) in [5.74, 6) is -0.501. The molecule has 5 fully saturated rings. The predicted octanol–water partition coefficient (Wildman–Crippen LogP) is 1.71. The van der Waals surface area contributed by atoms with Crippen LogP contribution in [-0.2, 0) is 19.8 Å². The third-order valence-corrected chi connectivity index (χ3v) is 9.90. The number of fused-ring (bicyclic) bond motifs is 5. The van der Waals surface area contributed by atoms with E-state index in [1.807, 2.05) is 52.0 Å². The number of rotatable bonds is 0. The Balaban J connectivity index is 1.47. The van der Waals surface area contributed by atoms with Crippen LogP contribution in [0.3, 0.4) is 0 Å². The van der Waals surface area contributed by atoms with Crippen molar-refractivity contribution >= 4 is 29.5 Å². The molecule has 5 unspecified atom stereocenters. The first-order valence-electron chi connectivity index (χ1n) is 12.1. The lowest BCUT2D eigenvalue weighted by atomic mass is 9.57. The first-order valence-corrected chi connectivity index (χ1v) is 12.1. The van der Waals surface area contributed by atoms with Gasteiger partial charge in [-0.15, -0.1) is 0 Å². The number of anilines is 1. The highest BCUT2D eigenvalue weighted by atomic mass is 16.5. The maximum atomic E-state index is 14.0. The Kier molecular flexibility index (Phi) is 3.32. The Morgan fingerprint density at radius 2 is 1.88 bits per heavy atom. The van der Waals surface area contributed by atoms with Gasteiger partial charge in [-0.05, 0) is 62.3 Å². The van der Waals surface area contributed by atoms with Crippen LogP contribution in [0.1, 0.15) is 58.1 Å². The van der Waals surface area contributed by atoms with E-state index in [2.05, 4.69) is 10.6 Å². The van der Waals surface area contributed by atoms with E-state index >= 15 is 0 Å². The number of carbonyl (C=O) groups excluding carboxylic acids is 3. The maximum Gasteiger partial charge on any atom is 0.252 e. The molecule has 3 spiro atoms. The number of hydrogen-bond donors (Lipinski definition) is 3. The van der Waals surface area contributed by atoms with Crippen LogP contribution in [0, 0.1) is 11.3 Å². The summed E-state index contributed by atoms with van der Waals surface area (Å²) >= 11 is 0. The number of benzene rings is 1. The topological polar surface area (TPSA) is 108 Å². The number of carbonyl (C=O) groups is 3. The molecule has 34 heavy (non-hydrogen) atoms. The molecule has 2 bridgehead atoms. The SMILES string of the molecule is CC1(C)C=Cc2c(ccc3c2NC(=O)C32C(O)C34NC(=O)C5(CCCN5C3=O)CC4C2(C)C)O1. The molecular weight excluding hydrogens is 434 g/mol. The van der Waals surface area contributed by atoms with Crippen LogP contribution in [0.4, 0.5) is 5.69 Å². The van der Waals surface area contributed by atoms with E-state index in [4.69, 9.17) is 4.74 Å². The van der Waals surface area contributed by atoms with E-state index in [-0.39, 0.29) is 23.6 Å². The second kappa shape index (κ2) is 5.51. The molecule has 6 heterocycles. The molecule has 8 rings (SSSR count). The Hall–Kier alpha value is -2.87. The van der Waals surface area contributed by atoms with Crippen molar-refractivity contribution < 1.29 is 24.2 Å². The minimum absolute atomic E-state index is 0.199. The fraction of sp³-hybridized carbons (Fsp3) is 0.577. The second-order valence-corrected chi connectivity index (χ2v) is 12.0. The van der Waals surface area contributed by atoms with Gasteiger partial charge >= 0.3 is 0 Å². The number of nitrogens with one attached hydrogen (secondary N) is 2. The molecule has 178 valence electrons. The summed E-state index contributed by atoms with van der Waals surface area (Å²) in [5.41, 5.74) is -3.02. The smallest absolute Gasteiger partial charge is 0.252 e. The molecule has 3 N–H and O–H groups in total. The molecule has 0 aromatic heterocycles. The number of amides is 3. The summed E-state index contributed by atoms with van der Waals surface area (Å²) in [6.45, 7) is 8.37. The number of hydrogen-bond acceptors (Lipinski definition) is 5. The van der Waals surface area contributed by atoms with Gasteiger partial charge in [-0.2, -0.15) is 0 Å². The highest BCUT2D eigenvalue weighted by Gasteiger charge is 2.85. The summed E-state index contributed by atoms with van der Waals surface area (Å²) in [4.78, 5) is 43.0. The third kappa shape index (κ3) is 1.80. The minimum atomic E-state index is -1.52. The first kappa shape index (κ1) is 20.5. The second-order valence-electron chi connectivity index (χ2n) is 12.0. The van der Waals surface area contributed by atoms with Gasteiger partial charge in [-0.3, -0.25) is 14.4 Å². The molecule has 8 heteroatoms. The summed E-state index contributed by atoms with van der Waals surface area (Å²) in [6.07, 6.45) is 4.33. The summed E-state index contributed by atoms with van der Waals surface area (Å²) in [6, 6.07) is 3.69. The number of nitrogens with zero attached hydrogens (tertiary/aromatic N) is 1. The lowest BCUT2D eigenvalue weighted by Gasteiger charge is -2.59. The van der Waals surface area contributed by atoms with Crippen molar-refractivity contribution in [2.45, 2.75) is 75.2 Å². The standard InChI is InChI=1S/C26H29N3O5/c1-22(2)10-8-13-15(34-22)7-6-14-17(13)27-20(32)25(14)18(30)26-16(23(25,3)4)12-24(19(31)28-26)9-5-11-29(24)21(26)33/h6-8,10,16,18,30H,5,9,11-12H2,1-4H3,(H,27,32)(H,28,31). The largest absolute Gasteiger partial charge is 0.483 e. The molecule has 8 nitrogen and oxygen atoms in total. The molecule has 3 amide bonds. The lowest BCUT2D eigenvalue weighted by Crippen LogP contribution is -2.83. The van der Waals surface area contributed by atoms with E-state index in [1.54, 1.807) is 4.90 Å². The molecule has 5 atom stereocenters. The van der Waals surface area contributed by atoms with Gasteiger partial charge in [0, 0.05) is 18.0 Å². The molecule has 1 aliphatic carbocycles. The molecule has 6 aliphatic heterocycles. The van der Waals surface area contributed by atoms with Crippen molar-refractivity contribution in [2.75, 3.05) is 11.9 Å². The van der Waals surface area contributed by atoms with Gasteiger partial charge in [0.25, 0.3) is 5.91 Å². The normalized spacial score (nSPS) is 41.6. The van der Waals surface area contributed by atoms with Crippen LogP contribution < -0.4 is 15.4 Å². The van der Waals surface area contributed by atoms with Crippen molar-refractivity contribution in [3.05, 3.63) is 29.3 Å². The molecule has 0 radical (unpaired) electrons. The number of aliphatic hydroxyl groups is 1. The Morgan fingerprint density at radius 3 is 2.65 bits per heavy atom. The third-order valence-electron chi connectivity index (χ3n) is 9.90. The number of aliphatic hydroxyl groups excluding tert-OH is 1. The number of piperidine rings is 2. The molecule has 4 saturated heterocycles. The Bertz CT molecular complexity index is 1270. The monoisotopic (exact) mass is 463 g/mol. The van der Waals surface area contributed by atoms with Crippen molar-refractivity contribution in [3.8, 4) is 5.75 Å². The maximum absolute atomic E-state index is 14.0. The Morgan fingerprint density at radius 1 is 1.12 bits per heavy atom. The van der Waals surface area contributed by atoms with Gasteiger partial charge in [0.1, 0.15) is 33.9 Å². The van der Waals surface area contributed by atoms with E-state index < -0.39 is 33.6 Å². The van der Waals surface area contributed by atoms with Gasteiger partial charge in [0.05, 0.1) is 5.69 Å². The van der Waals surface area contributed by atoms with Gasteiger partial charge in [0.15, 0.2) is 0 Å². The van der Waals surface area contributed by atoms with E-state index in [1.165, 1.54) is 0 Å². The molecule has 1 saturated carbocycles. The zero-order valence-electron chi connectivity index (χ0n) is 19.8. The highest BCUT2D eigenvalue weighted by molar-refractivity contribution is 6.13. The van der Waals surface area contributed by atoms with Crippen molar-refractivity contribution in [2.24, 2.45) is 11.3 Å². The van der Waals surface area contributed by atoms with Crippen LogP contribution in [0.2, 0.25) is 0 Å². The first-order chi connectivity index (χ1) is 15.9. The van der Waals surface area contributed by atoms with Crippen LogP contribution in [0.15, 0.2) is 18.2 Å². The van der Waals surface area contributed by atoms with Gasteiger partial charge in [-0.1, -0.05) is 19.9 Å².